The first-order chi connectivity index (χ1) is 9.17. The lowest BCUT2D eigenvalue weighted by molar-refractivity contribution is 0.594. The van der Waals surface area contributed by atoms with Crippen LogP contribution in [0.15, 0.2) is 30.5 Å². The van der Waals surface area contributed by atoms with Gasteiger partial charge in [-0.25, -0.2) is 4.68 Å². The minimum Gasteiger partial charge on any atom is -0.310 e. The van der Waals surface area contributed by atoms with Crippen LogP contribution in [-0.4, -0.2) is 16.3 Å². The summed E-state index contributed by atoms with van der Waals surface area (Å²) in [4.78, 5) is 0. The Bertz CT molecular complexity index is 590. The van der Waals surface area contributed by atoms with E-state index in [1.165, 1.54) is 5.56 Å². The average molecular weight is 254 g/mol. The molecule has 1 aromatic carbocycles. The van der Waals surface area contributed by atoms with Gasteiger partial charge in [0.1, 0.15) is 0 Å². The third-order valence-corrected chi connectivity index (χ3v) is 3.27. The third kappa shape index (κ3) is 2.67. The Morgan fingerprint density at radius 1 is 1.37 bits per heavy atom. The van der Waals surface area contributed by atoms with Gasteiger partial charge in [0, 0.05) is 17.3 Å². The Balaban J connectivity index is 2.33. The van der Waals surface area contributed by atoms with Crippen LogP contribution >= 0.6 is 0 Å². The van der Waals surface area contributed by atoms with Gasteiger partial charge in [0.25, 0.3) is 0 Å². The Kier molecular flexibility index (Phi) is 3.98. The van der Waals surface area contributed by atoms with E-state index in [4.69, 9.17) is 5.26 Å². The molecule has 2 rings (SSSR count). The molecule has 1 N–H and O–H groups in total. The second-order valence-electron chi connectivity index (χ2n) is 4.54. The SMILES string of the molecule is CCNC(C)c1cnn(-c2ccc(C#N)cc2)c1C. The lowest BCUT2D eigenvalue weighted by Gasteiger charge is -2.12. The summed E-state index contributed by atoms with van der Waals surface area (Å²) in [7, 11) is 0. The van der Waals surface area contributed by atoms with E-state index < -0.39 is 0 Å². The molecular formula is C15H18N4. The molecule has 1 atom stereocenters. The highest BCUT2D eigenvalue weighted by Gasteiger charge is 2.13. The molecule has 0 aliphatic heterocycles. The van der Waals surface area contributed by atoms with Crippen LogP contribution in [0.3, 0.4) is 0 Å². The molecular weight excluding hydrogens is 236 g/mol. The third-order valence-electron chi connectivity index (χ3n) is 3.27. The number of hydrogen-bond donors (Lipinski definition) is 1. The molecule has 0 saturated carbocycles. The molecule has 4 nitrogen and oxygen atoms in total. The predicted octanol–water partition coefficient (Wildman–Crippen LogP) is 2.72. The summed E-state index contributed by atoms with van der Waals surface area (Å²) in [6.45, 7) is 7.23. The maximum absolute atomic E-state index is 8.81. The Labute approximate surface area is 113 Å². The minimum absolute atomic E-state index is 0.289. The lowest BCUT2D eigenvalue weighted by atomic mass is 10.1. The van der Waals surface area contributed by atoms with Gasteiger partial charge < -0.3 is 5.32 Å². The summed E-state index contributed by atoms with van der Waals surface area (Å²) in [6.07, 6.45) is 1.90. The first-order valence-corrected chi connectivity index (χ1v) is 6.45. The molecule has 19 heavy (non-hydrogen) atoms. The fourth-order valence-electron chi connectivity index (χ4n) is 2.20. The largest absolute Gasteiger partial charge is 0.310 e. The molecule has 0 bridgehead atoms. The summed E-state index contributed by atoms with van der Waals surface area (Å²) < 4.78 is 1.91. The summed E-state index contributed by atoms with van der Waals surface area (Å²) in [6, 6.07) is 9.86. The molecule has 0 radical (unpaired) electrons. The Morgan fingerprint density at radius 2 is 2.05 bits per heavy atom. The van der Waals surface area contributed by atoms with Gasteiger partial charge in [-0.05, 0) is 44.7 Å². The van der Waals surface area contributed by atoms with Gasteiger partial charge in [-0.1, -0.05) is 6.92 Å². The molecule has 98 valence electrons. The van der Waals surface area contributed by atoms with E-state index in [-0.39, 0.29) is 6.04 Å². The molecule has 0 fully saturated rings. The molecule has 0 amide bonds. The van der Waals surface area contributed by atoms with E-state index in [9.17, 15) is 0 Å². The van der Waals surface area contributed by atoms with Crippen LogP contribution in [-0.2, 0) is 0 Å². The highest BCUT2D eigenvalue weighted by Crippen LogP contribution is 2.20. The number of benzene rings is 1. The number of nitrogens with one attached hydrogen (secondary N) is 1. The standard InChI is InChI=1S/C15H18N4/c1-4-17-11(2)15-10-18-19(12(15)3)14-7-5-13(9-16)6-8-14/h5-8,10-11,17H,4H2,1-3H3. The van der Waals surface area contributed by atoms with E-state index in [1.54, 1.807) is 0 Å². The van der Waals surface area contributed by atoms with Crippen LogP contribution in [0.4, 0.5) is 0 Å². The van der Waals surface area contributed by atoms with Crippen molar-refractivity contribution < 1.29 is 0 Å². The first-order valence-electron chi connectivity index (χ1n) is 6.45. The Morgan fingerprint density at radius 3 is 2.63 bits per heavy atom. The van der Waals surface area contributed by atoms with E-state index >= 15 is 0 Å². The fourth-order valence-corrected chi connectivity index (χ4v) is 2.20. The fraction of sp³-hybridized carbons (Fsp3) is 0.333. The van der Waals surface area contributed by atoms with Crippen molar-refractivity contribution in [2.75, 3.05) is 6.54 Å². The average Bonchev–Trinajstić information content (AvgIpc) is 2.81. The van der Waals surface area contributed by atoms with Crippen molar-refractivity contribution in [1.29, 1.82) is 5.26 Å². The smallest absolute Gasteiger partial charge is 0.0991 e. The molecule has 2 aromatic rings. The van der Waals surface area contributed by atoms with Crippen molar-refractivity contribution in [3.05, 3.63) is 47.3 Å². The van der Waals surface area contributed by atoms with Crippen molar-refractivity contribution in [2.45, 2.75) is 26.8 Å². The van der Waals surface area contributed by atoms with E-state index in [1.807, 2.05) is 35.1 Å². The highest BCUT2D eigenvalue weighted by molar-refractivity contribution is 5.40. The van der Waals surface area contributed by atoms with Gasteiger partial charge in [0.05, 0.1) is 23.5 Å². The number of rotatable bonds is 4. The molecule has 1 unspecified atom stereocenters. The maximum atomic E-state index is 8.81. The van der Waals surface area contributed by atoms with Crippen LogP contribution in [0.1, 0.15) is 36.7 Å². The van der Waals surface area contributed by atoms with Crippen molar-refractivity contribution >= 4 is 0 Å². The predicted molar refractivity (Wildman–Crippen MR) is 75.1 cm³/mol. The molecule has 0 saturated heterocycles. The van der Waals surface area contributed by atoms with Crippen LogP contribution in [0, 0.1) is 18.3 Å². The van der Waals surface area contributed by atoms with Crippen molar-refractivity contribution in [3.63, 3.8) is 0 Å². The van der Waals surface area contributed by atoms with Gasteiger partial charge in [-0.15, -0.1) is 0 Å². The van der Waals surface area contributed by atoms with Gasteiger partial charge in [-0.3, -0.25) is 0 Å². The van der Waals surface area contributed by atoms with Crippen LogP contribution in [0.5, 0.6) is 0 Å². The van der Waals surface area contributed by atoms with Gasteiger partial charge in [0.2, 0.25) is 0 Å². The number of hydrogen-bond acceptors (Lipinski definition) is 3. The highest BCUT2D eigenvalue weighted by atomic mass is 15.3. The topological polar surface area (TPSA) is 53.6 Å². The van der Waals surface area contributed by atoms with E-state index in [0.29, 0.717) is 5.56 Å². The second kappa shape index (κ2) is 5.68. The minimum atomic E-state index is 0.289. The Hall–Kier alpha value is -2.12. The number of aromatic nitrogens is 2. The van der Waals surface area contributed by atoms with E-state index in [0.717, 1.165) is 17.9 Å². The van der Waals surface area contributed by atoms with Crippen LogP contribution in [0.2, 0.25) is 0 Å². The summed E-state index contributed by atoms with van der Waals surface area (Å²) >= 11 is 0. The maximum Gasteiger partial charge on any atom is 0.0991 e. The molecule has 0 spiro atoms. The molecule has 0 aliphatic rings. The van der Waals surface area contributed by atoms with Gasteiger partial charge >= 0.3 is 0 Å². The second-order valence-corrected chi connectivity index (χ2v) is 4.54. The zero-order valence-corrected chi connectivity index (χ0v) is 11.5. The number of nitrogens with zero attached hydrogens (tertiary/aromatic N) is 3. The van der Waals surface area contributed by atoms with Crippen molar-refractivity contribution in [2.24, 2.45) is 0 Å². The summed E-state index contributed by atoms with van der Waals surface area (Å²) in [5.74, 6) is 0. The van der Waals surface area contributed by atoms with E-state index in [2.05, 4.69) is 37.3 Å². The monoisotopic (exact) mass is 254 g/mol. The van der Waals surface area contributed by atoms with Crippen molar-refractivity contribution in [1.82, 2.24) is 15.1 Å². The quantitative estimate of drug-likeness (QED) is 0.912. The van der Waals surface area contributed by atoms with Gasteiger partial charge in [-0.2, -0.15) is 10.4 Å². The zero-order valence-electron chi connectivity index (χ0n) is 11.5. The number of nitriles is 1. The summed E-state index contributed by atoms with van der Waals surface area (Å²) in [5, 5.41) is 16.6. The first kappa shape index (κ1) is 13.3. The molecule has 0 aliphatic carbocycles. The lowest BCUT2D eigenvalue weighted by Crippen LogP contribution is -2.18. The molecule has 1 aromatic heterocycles. The molecule has 1 heterocycles. The normalized spacial score (nSPS) is 12.1. The molecule has 4 heteroatoms. The zero-order chi connectivity index (χ0) is 13.8. The van der Waals surface area contributed by atoms with Crippen LogP contribution < -0.4 is 5.32 Å². The summed E-state index contributed by atoms with van der Waals surface area (Å²) in [5.41, 5.74) is 3.96. The van der Waals surface area contributed by atoms with Gasteiger partial charge in [0.15, 0.2) is 0 Å². The van der Waals surface area contributed by atoms with Crippen LogP contribution in [0.25, 0.3) is 5.69 Å². The van der Waals surface area contributed by atoms with Crippen molar-refractivity contribution in [3.8, 4) is 11.8 Å².